The molecule has 0 fully saturated rings. The standard InChI is InChI=1S/C19H36O5S/c1-3-4-5-6-7-8-9-10-11-12-13-14-24-16(2)25-17(19(22)23)15-18(20)21/h16-17H,3-15H2,1-2H3,(H,20,21)(H,22,23). The zero-order valence-electron chi connectivity index (χ0n) is 15.9. The van der Waals surface area contributed by atoms with E-state index in [2.05, 4.69) is 6.92 Å². The first-order chi connectivity index (χ1) is 12.0. The molecule has 0 rings (SSSR count). The Balaban J connectivity index is 3.49. The van der Waals surface area contributed by atoms with Gasteiger partial charge in [0, 0.05) is 6.61 Å². The highest BCUT2D eigenvalue weighted by Crippen LogP contribution is 2.22. The van der Waals surface area contributed by atoms with E-state index >= 15 is 0 Å². The molecule has 0 spiro atoms. The lowest BCUT2D eigenvalue weighted by atomic mass is 10.1. The Labute approximate surface area is 156 Å². The fraction of sp³-hybridized carbons (Fsp3) is 0.895. The van der Waals surface area contributed by atoms with E-state index in [1.54, 1.807) is 6.92 Å². The van der Waals surface area contributed by atoms with Crippen LogP contribution >= 0.6 is 11.8 Å². The van der Waals surface area contributed by atoms with Crippen LogP contribution in [0.25, 0.3) is 0 Å². The zero-order valence-corrected chi connectivity index (χ0v) is 16.7. The van der Waals surface area contributed by atoms with Gasteiger partial charge in [0.1, 0.15) is 10.7 Å². The molecule has 0 amide bonds. The summed E-state index contributed by atoms with van der Waals surface area (Å²) >= 11 is 1.06. The third-order valence-electron chi connectivity index (χ3n) is 4.09. The number of hydrogen-bond acceptors (Lipinski definition) is 4. The summed E-state index contributed by atoms with van der Waals surface area (Å²) in [4.78, 5) is 21.7. The smallest absolute Gasteiger partial charge is 0.317 e. The van der Waals surface area contributed by atoms with Crippen molar-refractivity contribution in [2.24, 2.45) is 0 Å². The Morgan fingerprint density at radius 2 is 1.36 bits per heavy atom. The Kier molecular flexibility index (Phi) is 16.2. The topological polar surface area (TPSA) is 83.8 Å². The number of unbranched alkanes of at least 4 members (excludes halogenated alkanes) is 10. The molecule has 2 N–H and O–H groups in total. The van der Waals surface area contributed by atoms with Gasteiger partial charge in [0.05, 0.1) is 6.42 Å². The van der Waals surface area contributed by atoms with Crippen LogP contribution in [0.15, 0.2) is 0 Å². The second kappa shape index (κ2) is 16.7. The average molecular weight is 377 g/mol. The minimum absolute atomic E-state index is 0.302. The molecule has 2 atom stereocenters. The fourth-order valence-electron chi connectivity index (χ4n) is 2.64. The lowest BCUT2D eigenvalue weighted by Crippen LogP contribution is -2.23. The predicted molar refractivity (Wildman–Crippen MR) is 103 cm³/mol. The van der Waals surface area contributed by atoms with Gasteiger partial charge in [-0.25, -0.2) is 0 Å². The second-order valence-electron chi connectivity index (χ2n) is 6.53. The van der Waals surface area contributed by atoms with Crippen molar-refractivity contribution in [3.63, 3.8) is 0 Å². The molecule has 0 radical (unpaired) electrons. The molecule has 0 bridgehead atoms. The van der Waals surface area contributed by atoms with Crippen molar-refractivity contribution in [2.75, 3.05) is 6.61 Å². The van der Waals surface area contributed by atoms with Gasteiger partial charge in [-0.05, 0) is 13.3 Å². The first kappa shape index (κ1) is 24.2. The Morgan fingerprint density at radius 1 is 0.880 bits per heavy atom. The van der Waals surface area contributed by atoms with Crippen LogP contribution in [-0.4, -0.2) is 39.4 Å². The van der Waals surface area contributed by atoms with Crippen molar-refractivity contribution in [2.45, 2.75) is 102 Å². The molecule has 0 aliphatic heterocycles. The van der Waals surface area contributed by atoms with Gasteiger partial charge in [0.2, 0.25) is 0 Å². The molecule has 6 heteroatoms. The number of rotatable bonds is 18. The van der Waals surface area contributed by atoms with E-state index in [0.717, 1.165) is 24.6 Å². The highest BCUT2D eigenvalue weighted by molar-refractivity contribution is 8.01. The van der Waals surface area contributed by atoms with Gasteiger partial charge in [-0.3, -0.25) is 9.59 Å². The van der Waals surface area contributed by atoms with Crippen LogP contribution in [0.5, 0.6) is 0 Å². The van der Waals surface area contributed by atoms with Crippen LogP contribution in [-0.2, 0) is 14.3 Å². The van der Waals surface area contributed by atoms with Crippen LogP contribution in [0.4, 0.5) is 0 Å². The van der Waals surface area contributed by atoms with Crippen LogP contribution < -0.4 is 0 Å². The SMILES string of the molecule is CCCCCCCCCCCCCOC(C)SC(CC(=O)O)C(=O)O. The van der Waals surface area contributed by atoms with Gasteiger partial charge in [-0.15, -0.1) is 11.8 Å². The summed E-state index contributed by atoms with van der Waals surface area (Å²) in [6, 6.07) is 0. The number of ether oxygens (including phenoxy) is 1. The van der Waals surface area contributed by atoms with Gasteiger partial charge in [0.25, 0.3) is 0 Å². The average Bonchev–Trinajstić information content (AvgIpc) is 2.54. The van der Waals surface area contributed by atoms with Crippen LogP contribution in [0.1, 0.15) is 90.9 Å². The maximum Gasteiger partial charge on any atom is 0.317 e. The van der Waals surface area contributed by atoms with Gasteiger partial charge in [-0.2, -0.15) is 0 Å². The lowest BCUT2D eigenvalue weighted by Gasteiger charge is -2.16. The van der Waals surface area contributed by atoms with Crippen molar-refractivity contribution in [1.82, 2.24) is 0 Å². The van der Waals surface area contributed by atoms with Crippen molar-refractivity contribution < 1.29 is 24.5 Å². The molecular weight excluding hydrogens is 340 g/mol. The monoisotopic (exact) mass is 376 g/mol. The van der Waals surface area contributed by atoms with Gasteiger partial charge in [-0.1, -0.05) is 71.1 Å². The number of aliphatic carboxylic acids is 2. The molecule has 25 heavy (non-hydrogen) atoms. The van der Waals surface area contributed by atoms with E-state index < -0.39 is 17.2 Å². The summed E-state index contributed by atoms with van der Waals surface area (Å²) in [5, 5.41) is 16.8. The molecule has 0 aromatic rings. The fourth-order valence-corrected chi connectivity index (χ4v) is 3.63. The number of carboxylic acid groups (broad SMARTS) is 2. The number of hydrogen-bond donors (Lipinski definition) is 2. The van der Waals surface area contributed by atoms with Crippen molar-refractivity contribution >= 4 is 23.7 Å². The summed E-state index contributed by atoms with van der Waals surface area (Å²) in [7, 11) is 0. The lowest BCUT2D eigenvalue weighted by molar-refractivity contribution is -0.143. The molecule has 0 heterocycles. The Bertz CT molecular complexity index is 349. The van der Waals surface area contributed by atoms with Crippen LogP contribution in [0.2, 0.25) is 0 Å². The van der Waals surface area contributed by atoms with E-state index in [-0.39, 0.29) is 11.9 Å². The van der Waals surface area contributed by atoms with E-state index in [9.17, 15) is 9.59 Å². The third kappa shape index (κ3) is 16.5. The molecule has 0 aromatic heterocycles. The summed E-state index contributed by atoms with van der Waals surface area (Å²) < 4.78 is 5.59. The normalized spacial score (nSPS) is 13.5. The molecular formula is C19H36O5S. The van der Waals surface area contributed by atoms with Gasteiger partial charge in [0.15, 0.2) is 0 Å². The minimum atomic E-state index is -1.10. The zero-order chi connectivity index (χ0) is 18.9. The molecule has 0 saturated carbocycles. The number of thioether (sulfide) groups is 1. The highest BCUT2D eigenvalue weighted by Gasteiger charge is 2.24. The largest absolute Gasteiger partial charge is 0.481 e. The molecule has 2 unspecified atom stereocenters. The maximum atomic E-state index is 11.0. The van der Waals surface area contributed by atoms with Crippen LogP contribution in [0, 0.1) is 0 Å². The Morgan fingerprint density at radius 3 is 1.80 bits per heavy atom. The highest BCUT2D eigenvalue weighted by atomic mass is 32.2. The van der Waals surface area contributed by atoms with Crippen molar-refractivity contribution in [1.29, 1.82) is 0 Å². The minimum Gasteiger partial charge on any atom is -0.481 e. The molecule has 0 aliphatic carbocycles. The first-order valence-electron chi connectivity index (χ1n) is 9.69. The summed E-state index contributed by atoms with van der Waals surface area (Å²) in [5.41, 5.74) is -0.302. The molecule has 0 saturated heterocycles. The van der Waals surface area contributed by atoms with E-state index in [1.165, 1.54) is 57.8 Å². The van der Waals surface area contributed by atoms with E-state index in [0.29, 0.717) is 6.61 Å². The number of carbonyl (C=O) groups is 2. The van der Waals surface area contributed by atoms with Crippen molar-refractivity contribution in [3.05, 3.63) is 0 Å². The predicted octanol–water partition coefficient (Wildman–Crippen LogP) is 5.32. The molecule has 0 aliphatic rings. The van der Waals surface area contributed by atoms with Crippen LogP contribution in [0.3, 0.4) is 0 Å². The third-order valence-corrected chi connectivity index (χ3v) is 5.31. The van der Waals surface area contributed by atoms with E-state index in [1.807, 2.05) is 0 Å². The van der Waals surface area contributed by atoms with Crippen molar-refractivity contribution in [3.8, 4) is 0 Å². The quantitative estimate of drug-likeness (QED) is 0.249. The number of carboxylic acids is 2. The second-order valence-corrected chi connectivity index (χ2v) is 8.04. The maximum absolute atomic E-state index is 11.0. The molecule has 148 valence electrons. The van der Waals surface area contributed by atoms with E-state index in [4.69, 9.17) is 14.9 Å². The van der Waals surface area contributed by atoms with Gasteiger partial charge >= 0.3 is 11.9 Å². The molecule has 0 aromatic carbocycles. The summed E-state index contributed by atoms with van der Waals surface area (Å²) in [5.74, 6) is -2.20. The molecule has 5 nitrogen and oxygen atoms in total. The Hall–Kier alpha value is -0.750. The summed E-state index contributed by atoms with van der Waals surface area (Å²) in [6.07, 6.45) is 13.6. The van der Waals surface area contributed by atoms with Gasteiger partial charge < -0.3 is 14.9 Å². The summed E-state index contributed by atoms with van der Waals surface area (Å²) in [6.45, 7) is 4.62. The first-order valence-corrected chi connectivity index (χ1v) is 10.6.